The quantitative estimate of drug-likeness (QED) is 0.195. The molecule has 0 unspecified atom stereocenters. The van der Waals surface area contributed by atoms with E-state index in [0.717, 1.165) is 4.90 Å². The molecule has 0 saturated carbocycles. The van der Waals surface area contributed by atoms with E-state index in [2.05, 4.69) is 91.0 Å². The van der Waals surface area contributed by atoms with Gasteiger partial charge in [-0.25, -0.2) is 0 Å². The first-order valence-electron chi connectivity index (χ1n) is 8.60. The molecule has 0 nitrogen and oxygen atoms in total. The SMILES string of the molecule is [Au+].[S-]c1ccccc1.c1ccc([PH+](c2ccccc2)c2ccccc2)cc1. The summed E-state index contributed by atoms with van der Waals surface area (Å²) in [5.41, 5.74) is 0. The fourth-order valence-corrected chi connectivity index (χ4v) is 5.47. The Morgan fingerprint density at radius 2 is 0.667 bits per heavy atom. The average molecular weight is 569 g/mol. The second-order valence-corrected chi connectivity index (χ2v) is 8.74. The minimum absolute atomic E-state index is 0. The Bertz CT molecular complexity index is 790. The van der Waals surface area contributed by atoms with Crippen LogP contribution in [-0.4, -0.2) is 0 Å². The molecular weight excluding hydrogens is 548 g/mol. The molecule has 4 aromatic rings. The molecule has 0 aliphatic heterocycles. The van der Waals surface area contributed by atoms with Gasteiger partial charge >= 0.3 is 22.4 Å². The maximum Gasteiger partial charge on any atom is 1.00 e. The Morgan fingerprint density at radius 3 is 0.889 bits per heavy atom. The number of hydrogen-bond donors (Lipinski definition) is 0. The van der Waals surface area contributed by atoms with Gasteiger partial charge in [0.25, 0.3) is 0 Å². The molecule has 0 amide bonds. The zero-order valence-electron chi connectivity index (χ0n) is 14.8. The minimum Gasteiger partial charge on any atom is -0.780 e. The topological polar surface area (TPSA) is 0 Å². The third-order valence-corrected chi connectivity index (χ3v) is 6.93. The van der Waals surface area contributed by atoms with Gasteiger partial charge in [-0.3, -0.25) is 0 Å². The van der Waals surface area contributed by atoms with Crippen LogP contribution in [0, 0.1) is 0 Å². The molecule has 0 aliphatic carbocycles. The van der Waals surface area contributed by atoms with E-state index in [4.69, 9.17) is 12.6 Å². The molecule has 0 fully saturated rings. The van der Waals surface area contributed by atoms with E-state index in [0.29, 0.717) is 0 Å². The van der Waals surface area contributed by atoms with Gasteiger partial charge in [0.1, 0.15) is 15.9 Å². The molecule has 0 aliphatic rings. The summed E-state index contributed by atoms with van der Waals surface area (Å²) >= 11 is 4.81. The van der Waals surface area contributed by atoms with Crippen LogP contribution in [-0.2, 0) is 35.0 Å². The van der Waals surface area contributed by atoms with Crippen LogP contribution >= 0.6 is 7.92 Å². The molecule has 0 heterocycles. The largest absolute Gasteiger partial charge is 1.00 e. The molecule has 138 valence electrons. The van der Waals surface area contributed by atoms with Gasteiger partial charge in [-0.15, -0.1) is 0 Å². The fourth-order valence-electron chi connectivity index (χ4n) is 2.73. The maximum atomic E-state index is 4.81. The number of rotatable bonds is 3. The van der Waals surface area contributed by atoms with Crippen molar-refractivity contribution in [2.45, 2.75) is 4.90 Å². The standard InChI is InChI=1S/C18H15P.C6H6S.Au/c1-4-10-16(11-5-1)19(17-12-6-2-7-13-17)18-14-8-3-9-15-18;7-6-4-2-1-3-5-6;/h1-15H;1-5,7H;/q;;+1. The third-order valence-electron chi connectivity index (χ3n) is 3.93. The molecule has 27 heavy (non-hydrogen) atoms. The first kappa shape index (κ1) is 21.6. The summed E-state index contributed by atoms with van der Waals surface area (Å²) in [5.74, 6) is 0. The smallest absolute Gasteiger partial charge is 0.780 e. The second kappa shape index (κ2) is 11.9. The summed E-state index contributed by atoms with van der Waals surface area (Å²) in [6, 6.07) is 42.1. The number of benzene rings is 4. The molecular formula is C24H21AuPS+. The van der Waals surface area contributed by atoms with Crippen molar-refractivity contribution in [3.63, 3.8) is 0 Å². The van der Waals surface area contributed by atoms with E-state index in [1.807, 2.05) is 30.3 Å². The van der Waals surface area contributed by atoms with Crippen molar-refractivity contribution < 1.29 is 22.4 Å². The summed E-state index contributed by atoms with van der Waals surface area (Å²) in [4.78, 5) is 0.905. The Kier molecular flexibility index (Phi) is 9.48. The van der Waals surface area contributed by atoms with E-state index in [-0.39, 0.29) is 22.4 Å². The molecule has 0 spiro atoms. The van der Waals surface area contributed by atoms with Crippen molar-refractivity contribution in [2.24, 2.45) is 0 Å². The van der Waals surface area contributed by atoms with Crippen LogP contribution < -0.4 is 15.9 Å². The molecule has 0 saturated heterocycles. The maximum absolute atomic E-state index is 4.81. The van der Waals surface area contributed by atoms with Crippen molar-refractivity contribution in [1.82, 2.24) is 0 Å². The molecule has 4 rings (SSSR count). The zero-order chi connectivity index (χ0) is 18.0. The predicted molar refractivity (Wildman–Crippen MR) is 119 cm³/mol. The normalized spacial score (nSPS) is 9.67. The van der Waals surface area contributed by atoms with Crippen LogP contribution in [0.3, 0.4) is 0 Å². The second-order valence-electron chi connectivity index (χ2n) is 5.79. The van der Waals surface area contributed by atoms with Crippen molar-refractivity contribution >= 4 is 36.5 Å². The molecule has 0 N–H and O–H groups in total. The van der Waals surface area contributed by atoms with Crippen molar-refractivity contribution in [3.8, 4) is 0 Å². The van der Waals surface area contributed by atoms with Gasteiger partial charge < -0.3 is 12.6 Å². The van der Waals surface area contributed by atoms with Gasteiger partial charge in [-0.1, -0.05) is 84.9 Å². The van der Waals surface area contributed by atoms with Crippen LogP contribution in [0.1, 0.15) is 0 Å². The number of hydrogen-bond acceptors (Lipinski definition) is 1. The molecule has 0 atom stereocenters. The Labute approximate surface area is 184 Å². The molecule has 4 aromatic carbocycles. The van der Waals surface area contributed by atoms with Crippen LogP contribution in [0.15, 0.2) is 126 Å². The summed E-state index contributed by atoms with van der Waals surface area (Å²) < 4.78 is 0. The van der Waals surface area contributed by atoms with Crippen molar-refractivity contribution in [3.05, 3.63) is 121 Å². The van der Waals surface area contributed by atoms with Crippen molar-refractivity contribution in [2.75, 3.05) is 0 Å². The minimum atomic E-state index is -0.877. The molecule has 0 radical (unpaired) electrons. The van der Waals surface area contributed by atoms with Crippen LogP contribution in [0.2, 0.25) is 0 Å². The van der Waals surface area contributed by atoms with E-state index >= 15 is 0 Å². The summed E-state index contributed by atoms with van der Waals surface area (Å²) in [5, 5.41) is 4.31. The van der Waals surface area contributed by atoms with E-state index in [1.54, 1.807) is 0 Å². The van der Waals surface area contributed by atoms with Gasteiger partial charge in [0.15, 0.2) is 0 Å². The summed E-state index contributed by atoms with van der Waals surface area (Å²) in [6.07, 6.45) is 0. The molecule has 3 heteroatoms. The van der Waals surface area contributed by atoms with Gasteiger partial charge in [0, 0.05) is 0 Å². The Hall–Kier alpha value is -1.73. The summed E-state index contributed by atoms with van der Waals surface area (Å²) in [7, 11) is -0.877. The van der Waals surface area contributed by atoms with Gasteiger partial charge in [-0.05, 0) is 36.4 Å². The van der Waals surface area contributed by atoms with Crippen LogP contribution in [0.4, 0.5) is 0 Å². The fraction of sp³-hybridized carbons (Fsp3) is 0. The van der Waals surface area contributed by atoms with E-state index in [1.165, 1.54) is 15.9 Å². The van der Waals surface area contributed by atoms with E-state index in [9.17, 15) is 0 Å². The summed E-state index contributed by atoms with van der Waals surface area (Å²) in [6.45, 7) is 0. The van der Waals surface area contributed by atoms with Gasteiger partial charge in [-0.2, -0.15) is 4.90 Å². The average Bonchev–Trinajstić information content (AvgIpc) is 2.72. The molecule has 0 aromatic heterocycles. The Balaban J connectivity index is 0.000000278. The Morgan fingerprint density at radius 1 is 0.407 bits per heavy atom. The third kappa shape index (κ3) is 6.74. The zero-order valence-corrected chi connectivity index (χ0v) is 18.7. The first-order chi connectivity index (χ1) is 12.8. The first-order valence-corrected chi connectivity index (χ1v) is 10.5. The van der Waals surface area contributed by atoms with E-state index < -0.39 is 7.92 Å². The van der Waals surface area contributed by atoms with Gasteiger partial charge in [0.2, 0.25) is 0 Å². The van der Waals surface area contributed by atoms with Crippen LogP contribution in [0.5, 0.6) is 0 Å². The van der Waals surface area contributed by atoms with Crippen LogP contribution in [0.25, 0.3) is 0 Å². The predicted octanol–water partition coefficient (Wildman–Crippen LogP) is 4.77. The van der Waals surface area contributed by atoms with Gasteiger partial charge in [0.05, 0.1) is 7.92 Å². The molecule has 0 bridgehead atoms. The van der Waals surface area contributed by atoms with Crippen molar-refractivity contribution in [1.29, 1.82) is 0 Å². The monoisotopic (exact) mass is 569 g/mol.